The van der Waals surface area contributed by atoms with Gasteiger partial charge in [0.2, 0.25) is 0 Å². The van der Waals surface area contributed by atoms with Crippen molar-refractivity contribution in [1.29, 1.82) is 0 Å². The standard InChI is InChI=1S/C38H38/c1-3-15-27(16-4-1)29-19-7-9-21-31(29)37-33-23-11-13-25-35(33)38(36-26-14-12-24-34(36)37)32-22-10-8-20-30(32)28-17-5-2-6-18-28/h7-14,19-28H,1-6,15-18H2. The first-order chi connectivity index (χ1) is 18.9. The van der Waals surface area contributed by atoms with E-state index in [-0.39, 0.29) is 0 Å². The van der Waals surface area contributed by atoms with Gasteiger partial charge in [-0.1, -0.05) is 136 Å². The summed E-state index contributed by atoms with van der Waals surface area (Å²) in [7, 11) is 0. The molecule has 38 heavy (non-hydrogen) atoms. The van der Waals surface area contributed by atoms with Crippen LogP contribution in [0.2, 0.25) is 0 Å². The van der Waals surface area contributed by atoms with Crippen molar-refractivity contribution < 1.29 is 0 Å². The predicted octanol–water partition coefficient (Wildman–Crippen LogP) is 11.4. The zero-order chi connectivity index (χ0) is 25.3. The number of rotatable bonds is 4. The van der Waals surface area contributed by atoms with E-state index in [1.165, 1.54) is 108 Å². The maximum Gasteiger partial charge on any atom is -0.00235 e. The summed E-state index contributed by atoms with van der Waals surface area (Å²) in [6, 6.07) is 37.1. The molecular formula is C38H38. The lowest BCUT2D eigenvalue weighted by atomic mass is 9.77. The van der Waals surface area contributed by atoms with Gasteiger partial charge < -0.3 is 0 Å². The Labute approximate surface area is 227 Å². The molecule has 0 heterocycles. The van der Waals surface area contributed by atoms with Crippen molar-refractivity contribution in [1.82, 2.24) is 0 Å². The van der Waals surface area contributed by atoms with Crippen LogP contribution >= 0.6 is 0 Å². The number of hydrogen-bond acceptors (Lipinski definition) is 0. The molecule has 0 heteroatoms. The summed E-state index contributed by atoms with van der Waals surface area (Å²) in [6.45, 7) is 0. The van der Waals surface area contributed by atoms with Crippen LogP contribution in [-0.2, 0) is 0 Å². The van der Waals surface area contributed by atoms with Gasteiger partial charge in [0.05, 0.1) is 0 Å². The van der Waals surface area contributed by atoms with Crippen LogP contribution < -0.4 is 0 Å². The summed E-state index contributed by atoms with van der Waals surface area (Å²) in [6.07, 6.45) is 13.5. The number of benzene rings is 5. The monoisotopic (exact) mass is 494 g/mol. The van der Waals surface area contributed by atoms with Gasteiger partial charge in [0, 0.05) is 0 Å². The smallest absolute Gasteiger partial charge is 0.00235 e. The van der Waals surface area contributed by atoms with Crippen molar-refractivity contribution in [3.05, 3.63) is 108 Å². The molecule has 2 fully saturated rings. The van der Waals surface area contributed by atoms with E-state index < -0.39 is 0 Å². The first kappa shape index (κ1) is 23.7. The third kappa shape index (κ3) is 4.15. The van der Waals surface area contributed by atoms with Gasteiger partial charge in [-0.15, -0.1) is 0 Å². The van der Waals surface area contributed by atoms with Gasteiger partial charge in [-0.25, -0.2) is 0 Å². The van der Waals surface area contributed by atoms with Gasteiger partial charge in [0.15, 0.2) is 0 Å². The molecule has 0 nitrogen and oxygen atoms in total. The average Bonchev–Trinajstić information content (AvgIpc) is 3.01. The lowest BCUT2D eigenvalue weighted by Gasteiger charge is -2.27. The van der Waals surface area contributed by atoms with E-state index in [1.54, 1.807) is 11.1 Å². The highest BCUT2D eigenvalue weighted by molar-refractivity contribution is 6.21. The van der Waals surface area contributed by atoms with Gasteiger partial charge in [-0.05, 0) is 92.4 Å². The molecule has 0 aromatic heterocycles. The van der Waals surface area contributed by atoms with Crippen LogP contribution in [0, 0.1) is 0 Å². The molecule has 2 aliphatic carbocycles. The Morgan fingerprint density at radius 3 is 1.03 bits per heavy atom. The van der Waals surface area contributed by atoms with Crippen LogP contribution in [-0.4, -0.2) is 0 Å². The first-order valence-electron chi connectivity index (χ1n) is 15.0. The Morgan fingerprint density at radius 1 is 0.342 bits per heavy atom. The SMILES string of the molecule is c1ccc(C2CCCCC2)c(-c2c3ccccc3c(-c3ccccc3C3CCCCC3)c3ccccc23)c1. The molecular weight excluding hydrogens is 456 g/mol. The van der Waals surface area contributed by atoms with Gasteiger partial charge in [0.1, 0.15) is 0 Å². The zero-order valence-electron chi connectivity index (χ0n) is 22.5. The van der Waals surface area contributed by atoms with Crippen molar-refractivity contribution >= 4 is 21.5 Å². The van der Waals surface area contributed by atoms with E-state index in [0.717, 1.165) is 0 Å². The number of hydrogen-bond donors (Lipinski definition) is 0. The van der Waals surface area contributed by atoms with Gasteiger partial charge >= 0.3 is 0 Å². The predicted molar refractivity (Wildman–Crippen MR) is 164 cm³/mol. The Bertz CT molecular complexity index is 1400. The summed E-state index contributed by atoms with van der Waals surface area (Å²) >= 11 is 0. The Morgan fingerprint density at radius 2 is 0.658 bits per heavy atom. The van der Waals surface area contributed by atoms with Crippen molar-refractivity contribution in [2.24, 2.45) is 0 Å². The van der Waals surface area contributed by atoms with Crippen LogP contribution in [0.4, 0.5) is 0 Å². The van der Waals surface area contributed by atoms with E-state index in [0.29, 0.717) is 11.8 Å². The molecule has 2 saturated carbocycles. The summed E-state index contributed by atoms with van der Waals surface area (Å²) in [5, 5.41) is 5.57. The second-order valence-electron chi connectivity index (χ2n) is 11.7. The Kier molecular flexibility index (Phi) is 6.50. The first-order valence-corrected chi connectivity index (χ1v) is 15.0. The fourth-order valence-corrected chi connectivity index (χ4v) is 7.70. The van der Waals surface area contributed by atoms with Crippen molar-refractivity contribution in [3.63, 3.8) is 0 Å². The Hall–Kier alpha value is -3.38. The van der Waals surface area contributed by atoms with Gasteiger partial charge in [0.25, 0.3) is 0 Å². The van der Waals surface area contributed by atoms with Crippen LogP contribution in [0.15, 0.2) is 97.1 Å². The summed E-state index contributed by atoms with van der Waals surface area (Å²) in [5.41, 5.74) is 8.85. The van der Waals surface area contributed by atoms with Crippen LogP contribution in [0.5, 0.6) is 0 Å². The van der Waals surface area contributed by atoms with Gasteiger partial charge in [-0.3, -0.25) is 0 Å². The fraction of sp³-hybridized carbons (Fsp3) is 0.316. The van der Waals surface area contributed by atoms with Crippen LogP contribution in [0.25, 0.3) is 43.8 Å². The molecule has 0 amide bonds. The number of fused-ring (bicyclic) bond motifs is 2. The lowest BCUT2D eigenvalue weighted by molar-refractivity contribution is 0.444. The molecule has 7 rings (SSSR count). The van der Waals surface area contributed by atoms with Gasteiger partial charge in [-0.2, -0.15) is 0 Å². The lowest BCUT2D eigenvalue weighted by Crippen LogP contribution is -2.07. The summed E-state index contributed by atoms with van der Waals surface area (Å²) in [5.74, 6) is 1.34. The molecule has 0 radical (unpaired) electrons. The molecule has 0 N–H and O–H groups in total. The zero-order valence-corrected chi connectivity index (χ0v) is 22.5. The van der Waals surface area contributed by atoms with E-state index in [1.807, 2.05) is 0 Å². The second-order valence-corrected chi connectivity index (χ2v) is 11.7. The molecule has 5 aromatic carbocycles. The largest absolute Gasteiger partial charge is 0.0619 e. The molecule has 5 aromatic rings. The molecule has 0 saturated heterocycles. The highest BCUT2D eigenvalue weighted by Gasteiger charge is 2.25. The van der Waals surface area contributed by atoms with E-state index in [2.05, 4.69) is 97.1 Å². The van der Waals surface area contributed by atoms with E-state index >= 15 is 0 Å². The molecule has 2 aliphatic rings. The Balaban J connectivity index is 1.53. The highest BCUT2D eigenvalue weighted by atomic mass is 14.3. The van der Waals surface area contributed by atoms with E-state index in [4.69, 9.17) is 0 Å². The quantitative estimate of drug-likeness (QED) is 0.218. The second kappa shape index (κ2) is 10.4. The third-order valence-electron chi connectivity index (χ3n) is 9.48. The molecule has 0 spiro atoms. The average molecular weight is 495 g/mol. The summed E-state index contributed by atoms with van der Waals surface area (Å²) < 4.78 is 0. The molecule has 0 unspecified atom stereocenters. The molecule has 0 aliphatic heterocycles. The molecule has 0 bridgehead atoms. The molecule has 0 atom stereocenters. The third-order valence-corrected chi connectivity index (χ3v) is 9.48. The highest BCUT2D eigenvalue weighted by Crippen LogP contribution is 2.48. The van der Waals surface area contributed by atoms with Crippen molar-refractivity contribution in [3.8, 4) is 22.3 Å². The topological polar surface area (TPSA) is 0 Å². The van der Waals surface area contributed by atoms with Crippen LogP contribution in [0.3, 0.4) is 0 Å². The van der Waals surface area contributed by atoms with Crippen LogP contribution in [0.1, 0.15) is 87.2 Å². The summed E-state index contributed by atoms with van der Waals surface area (Å²) in [4.78, 5) is 0. The van der Waals surface area contributed by atoms with Crippen molar-refractivity contribution in [2.75, 3.05) is 0 Å². The minimum Gasteiger partial charge on any atom is -0.0619 e. The van der Waals surface area contributed by atoms with Crippen molar-refractivity contribution in [2.45, 2.75) is 76.0 Å². The minimum atomic E-state index is 0.671. The molecule has 190 valence electrons. The normalized spacial score (nSPS) is 17.3. The fourth-order valence-electron chi connectivity index (χ4n) is 7.70. The maximum absolute atomic E-state index is 2.42. The minimum absolute atomic E-state index is 0.671. The maximum atomic E-state index is 2.42. The van der Waals surface area contributed by atoms with E-state index in [9.17, 15) is 0 Å².